The molecule has 2 N–H and O–H groups in total. The number of hydrogen-bond acceptors (Lipinski definition) is 4. The molecule has 0 heterocycles. The van der Waals surface area contributed by atoms with Gasteiger partial charge >= 0.3 is 0 Å². The minimum Gasteiger partial charge on any atom is -0.495 e. The molecule has 26 heavy (non-hydrogen) atoms. The van der Waals surface area contributed by atoms with E-state index in [1.165, 1.54) is 32.2 Å². The zero-order valence-corrected chi connectivity index (χ0v) is 16.1. The lowest BCUT2D eigenvalue weighted by atomic mass is 10.1. The fraction of sp³-hybridized carbons (Fsp3) is 0.278. The van der Waals surface area contributed by atoms with Crippen LogP contribution in [0.5, 0.6) is 5.75 Å². The van der Waals surface area contributed by atoms with E-state index in [1.54, 1.807) is 0 Å². The van der Waals surface area contributed by atoms with E-state index in [2.05, 4.69) is 10.0 Å². The lowest BCUT2D eigenvalue weighted by Crippen LogP contribution is -2.45. The molecule has 2 rings (SSSR count). The minimum atomic E-state index is -3.88. The average Bonchev–Trinajstić information content (AvgIpc) is 2.62. The van der Waals surface area contributed by atoms with E-state index < -0.39 is 22.0 Å². The van der Waals surface area contributed by atoms with Gasteiger partial charge in [0, 0.05) is 6.54 Å². The van der Waals surface area contributed by atoms with E-state index in [0.29, 0.717) is 18.7 Å². The first-order chi connectivity index (χ1) is 12.3. The number of sulfonamides is 1. The fourth-order valence-electron chi connectivity index (χ4n) is 2.30. The summed E-state index contributed by atoms with van der Waals surface area (Å²) in [6.07, 6.45) is 0.667. The number of carbonyl (C=O) groups excluding carboxylic acids is 1. The summed E-state index contributed by atoms with van der Waals surface area (Å²) in [4.78, 5) is 12.1. The third-order valence-corrected chi connectivity index (χ3v) is 5.55. The van der Waals surface area contributed by atoms with Crippen molar-refractivity contribution in [2.45, 2.75) is 24.3 Å². The Morgan fingerprint density at radius 3 is 2.50 bits per heavy atom. The summed E-state index contributed by atoms with van der Waals surface area (Å²) in [5.41, 5.74) is 1.09. The van der Waals surface area contributed by atoms with E-state index in [0.717, 1.165) is 5.56 Å². The van der Waals surface area contributed by atoms with Crippen LogP contribution >= 0.6 is 11.6 Å². The molecule has 0 unspecified atom stereocenters. The fourth-order valence-corrected chi connectivity index (χ4v) is 3.85. The van der Waals surface area contributed by atoms with Crippen LogP contribution in [0.3, 0.4) is 0 Å². The lowest BCUT2D eigenvalue weighted by molar-refractivity contribution is -0.122. The molecule has 0 spiro atoms. The summed E-state index contributed by atoms with van der Waals surface area (Å²) in [5, 5.41) is 2.90. The predicted octanol–water partition coefficient (Wildman–Crippen LogP) is 2.37. The van der Waals surface area contributed by atoms with Crippen molar-refractivity contribution in [1.29, 1.82) is 0 Å². The molecule has 0 fully saturated rings. The van der Waals surface area contributed by atoms with Gasteiger partial charge in [0.2, 0.25) is 15.9 Å². The second-order valence-electron chi connectivity index (χ2n) is 5.67. The SMILES string of the molecule is COc1ccc(S(=O)(=O)N[C@H](C)C(=O)NCCc2ccccc2)cc1Cl. The second kappa shape index (κ2) is 9.02. The Balaban J connectivity index is 1.93. The summed E-state index contributed by atoms with van der Waals surface area (Å²) < 4.78 is 32.2. The second-order valence-corrected chi connectivity index (χ2v) is 7.79. The van der Waals surface area contributed by atoms with Crippen LogP contribution in [0, 0.1) is 0 Å². The van der Waals surface area contributed by atoms with Gasteiger partial charge in [0.05, 0.1) is 23.1 Å². The monoisotopic (exact) mass is 396 g/mol. The number of halogens is 1. The smallest absolute Gasteiger partial charge is 0.241 e. The van der Waals surface area contributed by atoms with Gasteiger partial charge in [0.15, 0.2) is 0 Å². The number of benzene rings is 2. The summed E-state index contributed by atoms with van der Waals surface area (Å²) in [5.74, 6) is -0.0264. The summed E-state index contributed by atoms with van der Waals surface area (Å²) >= 11 is 5.96. The van der Waals surface area contributed by atoms with Gasteiger partial charge in [-0.3, -0.25) is 4.79 Å². The van der Waals surface area contributed by atoms with Crippen LogP contribution in [0.4, 0.5) is 0 Å². The van der Waals surface area contributed by atoms with Gasteiger partial charge in [-0.2, -0.15) is 4.72 Å². The zero-order chi connectivity index (χ0) is 19.2. The van der Waals surface area contributed by atoms with Crippen molar-refractivity contribution in [1.82, 2.24) is 10.0 Å². The Hall–Kier alpha value is -2.09. The molecule has 2 aromatic rings. The summed E-state index contributed by atoms with van der Waals surface area (Å²) in [7, 11) is -2.44. The van der Waals surface area contributed by atoms with Gasteiger partial charge in [-0.05, 0) is 37.1 Å². The van der Waals surface area contributed by atoms with Crippen LogP contribution in [0.25, 0.3) is 0 Å². The summed E-state index contributed by atoms with van der Waals surface area (Å²) in [6, 6.07) is 12.9. The quantitative estimate of drug-likeness (QED) is 0.717. The van der Waals surface area contributed by atoms with E-state index in [9.17, 15) is 13.2 Å². The molecule has 0 saturated heterocycles. The molecular weight excluding hydrogens is 376 g/mol. The Labute approximate surface area is 158 Å². The van der Waals surface area contributed by atoms with Crippen molar-refractivity contribution in [3.63, 3.8) is 0 Å². The maximum Gasteiger partial charge on any atom is 0.241 e. The Morgan fingerprint density at radius 1 is 1.19 bits per heavy atom. The van der Waals surface area contributed by atoms with Crippen LogP contribution in [-0.4, -0.2) is 34.0 Å². The molecule has 1 amide bonds. The number of hydrogen-bond donors (Lipinski definition) is 2. The molecule has 0 radical (unpaired) electrons. The molecule has 0 aliphatic rings. The van der Waals surface area contributed by atoms with Crippen LogP contribution in [0.2, 0.25) is 5.02 Å². The molecule has 0 aliphatic carbocycles. The molecular formula is C18H21ClN2O4S. The van der Waals surface area contributed by atoms with E-state index in [-0.39, 0.29) is 9.92 Å². The standard InChI is InChI=1S/C18H21ClN2O4S/c1-13(18(22)20-11-10-14-6-4-3-5-7-14)21-26(23,24)15-8-9-17(25-2)16(19)12-15/h3-9,12-13,21H,10-11H2,1-2H3,(H,20,22)/t13-/m1/s1. The van der Waals surface area contributed by atoms with Crippen LogP contribution in [-0.2, 0) is 21.2 Å². The van der Waals surface area contributed by atoms with Crippen LogP contribution in [0.15, 0.2) is 53.4 Å². The van der Waals surface area contributed by atoms with Gasteiger partial charge in [-0.25, -0.2) is 8.42 Å². The molecule has 0 saturated carbocycles. The number of ether oxygens (including phenoxy) is 1. The Morgan fingerprint density at radius 2 is 1.88 bits per heavy atom. The Bertz CT molecular complexity index is 857. The first-order valence-corrected chi connectivity index (χ1v) is 9.87. The van der Waals surface area contributed by atoms with Crippen molar-refractivity contribution in [3.05, 3.63) is 59.1 Å². The van der Waals surface area contributed by atoms with Crippen LogP contribution in [0.1, 0.15) is 12.5 Å². The normalized spacial score (nSPS) is 12.4. The maximum absolute atomic E-state index is 12.4. The zero-order valence-electron chi connectivity index (χ0n) is 14.5. The van der Waals surface area contributed by atoms with Crippen LogP contribution < -0.4 is 14.8 Å². The molecule has 0 bridgehead atoms. The number of carbonyl (C=O) groups is 1. The lowest BCUT2D eigenvalue weighted by Gasteiger charge is -2.15. The van der Waals surface area contributed by atoms with E-state index in [4.69, 9.17) is 16.3 Å². The van der Waals surface area contributed by atoms with Gasteiger partial charge in [-0.15, -0.1) is 0 Å². The van der Waals surface area contributed by atoms with Gasteiger partial charge in [-0.1, -0.05) is 41.9 Å². The van der Waals surface area contributed by atoms with Crippen molar-refractivity contribution in [2.75, 3.05) is 13.7 Å². The molecule has 6 nitrogen and oxygen atoms in total. The first kappa shape index (κ1) is 20.2. The highest BCUT2D eigenvalue weighted by atomic mass is 35.5. The highest BCUT2D eigenvalue weighted by Crippen LogP contribution is 2.26. The highest BCUT2D eigenvalue weighted by molar-refractivity contribution is 7.89. The van der Waals surface area contributed by atoms with E-state index >= 15 is 0 Å². The maximum atomic E-state index is 12.4. The van der Waals surface area contributed by atoms with Crippen molar-refractivity contribution in [3.8, 4) is 5.75 Å². The van der Waals surface area contributed by atoms with Gasteiger partial charge in [0.25, 0.3) is 0 Å². The number of amides is 1. The van der Waals surface area contributed by atoms with Crippen molar-refractivity contribution in [2.24, 2.45) is 0 Å². The topological polar surface area (TPSA) is 84.5 Å². The van der Waals surface area contributed by atoms with Gasteiger partial charge < -0.3 is 10.1 Å². The van der Waals surface area contributed by atoms with E-state index in [1.807, 2.05) is 30.3 Å². The largest absolute Gasteiger partial charge is 0.495 e. The highest BCUT2D eigenvalue weighted by Gasteiger charge is 2.22. The number of nitrogens with one attached hydrogen (secondary N) is 2. The van der Waals surface area contributed by atoms with Crippen molar-refractivity contribution >= 4 is 27.5 Å². The molecule has 2 aromatic carbocycles. The average molecular weight is 397 g/mol. The Kier molecular flexibility index (Phi) is 7.02. The third-order valence-electron chi connectivity index (χ3n) is 3.71. The third kappa shape index (κ3) is 5.45. The minimum absolute atomic E-state index is 0.0350. The molecule has 8 heteroatoms. The first-order valence-electron chi connectivity index (χ1n) is 8.01. The molecule has 0 aromatic heterocycles. The number of methoxy groups -OCH3 is 1. The molecule has 1 atom stereocenters. The molecule has 140 valence electrons. The predicted molar refractivity (Wildman–Crippen MR) is 101 cm³/mol. The summed E-state index contributed by atoms with van der Waals surface area (Å²) in [6.45, 7) is 1.91. The molecule has 0 aliphatic heterocycles. The van der Waals surface area contributed by atoms with Crippen molar-refractivity contribution < 1.29 is 17.9 Å². The number of rotatable bonds is 8. The van der Waals surface area contributed by atoms with Gasteiger partial charge in [0.1, 0.15) is 5.75 Å².